The van der Waals surface area contributed by atoms with E-state index in [4.69, 9.17) is 16.3 Å². The van der Waals surface area contributed by atoms with Crippen LogP contribution < -0.4 is 10.2 Å². The van der Waals surface area contributed by atoms with Gasteiger partial charge < -0.3 is 15.0 Å². The van der Waals surface area contributed by atoms with Gasteiger partial charge >= 0.3 is 0 Å². The van der Waals surface area contributed by atoms with Gasteiger partial charge in [0.25, 0.3) is 0 Å². The van der Waals surface area contributed by atoms with Gasteiger partial charge in [-0.3, -0.25) is 0 Å². The Hall–Kier alpha value is -2.22. The Bertz CT molecular complexity index is 926. The van der Waals surface area contributed by atoms with Crippen molar-refractivity contribution in [1.29, 1.82) is 0 Å². The lowest BCUT2D eigenvalue weighted by atomic mass is 10.2. The van der Waals surface area contributed by atoms with Crippen molar-refractivity contribution in [3.05, 3.63) is 52.3 Å². The molecule has 1 aromatic carbocycles. The number of morpholine rings is 1. The van der Waals surface area contributed by atoms with E-state index in [2.05, 4.69) is 25.2 Å². The minimum Gasteiger partial charge on any atom is -0.378 e. The van der Waals surface area contributed by atoms with Gasteiger partial charge in [0.1, 0.15) is 23.0 Å². The number of ether oxygens (including phenoxy) is 1. The van der Waals surface area contributed by atoms with Gasteiger partial charge in [0.15, 0.2) is 0 Å². The third-order valence-corrected chi connectivity index (χ3v) is 5.94. The van der Waals surface area contributed by atoms with Crippen LogP contribution in [0, 0.1) is 6.92 Å². The van der Waals surface area contributed by atoms with Crippen molar-refractivity contribution < 1.29 is 4.74 Å². The molecular weight excluding hydrogens is 382 g/mol. The number of halogens is 1. The molecule has 0 radical (unpaired) electrons. The molecule has 8 heteroatoms. The maximum Gasteiger partial charge on any atom is 0.134 e. The molecule has 27 heavy (non-hydrogen) atoms. The van der Waals surface area contributed by atoms with Crippen LogP contribution in [0.3, 0.4) is 0 Å². The lowest BCUT2D eigenvalue weighted by Crippen LogP contribution is -2.36. The zero-order chi connectivity index (χ0) is 18.6. The standard InChI is InChI=1S/C19H20ClN5OS/c1-13-16(27-19(24-13)14-4-2-3-5-15(14)20)11-21-17-10-18(23-12-22-17)25-6-8-26-9-7-25/h2-5,10,12H,6-9,11H2,1H3,(H,21,22,23). The fraction of sp³-hybridized carbons (Fsp3) is 0.316. The monoisotopic (exact) mass is 401 g/mol. The Morgan fingerprint density at radius 2 is 2.04 bits per heavy atom. The van der Waals surface area contributed by atoms with Gasteiger partial charge in [0.05, 0.1) is 30.5 Å². The molecule has 3 aromatic rings. The van der Waals surface area contributed by atoms with Crippen molar-refractivity contribution in [2.75, 3.05) is 36.5 Å². The van der Waals surface area contributed by atoms with Crippen molar-refractivity contribution in [3.8, 4) is 10.6 Å². The summed E-state index contributed by atoms with van der Waals surface area (Å²) in [7, 11) is 0. The average molecular weight is 402 g/mol. The second-order valence-corrected chi connectivity index (χ2v) is 7.71. The number of nitrogens with zero attached hydrogens (tertiary/aromatic N) is 4. The van der Waals surface area contributed by atoms with E-state index >= 15 is 0 Å². The van der Waals surface area contributed by atoms with E-state index in [0.29, 0.717) is 6.54 Å². The van der Waals surface area contributed by atoms with Gasteiger partial charge in [-0.05, 0) is 13.0 Å². The topological polar surface area (TPSA) is 63.2 Å². The number of hydrogen-bond acceptors (Lipinski definition) is 7. The third kappa shape index (κ3) is 4.21. The maximum absolute atomic E-state index is 6.31. The first-order valence-electron chi connectivity index (χ1n) is 8.80. The normalized spacial score (nSPS) is 14.4. The van der Waals surface area contributed by atoms with Crippen molar-refractivity contribution >= 4 is 34.6 Å². The minimum absolute atomic E-state index is 0.660. The van der Waals surface area contributed by atoms with Gasteiger partial charge in [-0.15, -0.1) is 11.3 Å². The maximum atomic E-state index is 6.31. The summed E-state index contributed by atoms with van der Waals surface area (Å²) >= 11 is 7.95. The number of thiazole rings is 1. The van der Waals surface area contributed by atoms with E-state index in [1.165, 1.54) is 0 Å². The molecule has 0 atom stereocenters. The molecule has 3 heterocycles. The zero-order valence-corrected chi connectivity index (χ0v) is 16.6. The van der Waals surface area contributed by atoms with Gasteiger partial charge in [0, 0.05) is 29.6 Å². The first-order valence-corrected chi connectivity index (χ1v) is 10.00. The van der Waals surface area contributed by atoms with E-state index in [1.54, 1.807) is 17.7 Å². The molecule has 0 spiro atoms. The summed E-state index contributed by atoms with van der Waals surface area (Å²) in [6.07, 6.45) is 1.60. The predicted molar refractivity (Wildman–Crippen MR) is 110 cm³/mol. The van der Waals surface area contributed by atoms with Crippen molar-refractivity contribution in [3.63, 3.8) is 0 Å². The molecule has 0 saturated carbocycles. The molecule has 140 valence electrons. The Morgan fingerprint density at radius 3 is 2.85 bits per heavy atom. The van der Waals surface area contributed by atoms with Crippen LogP contribution in [0.2, 0.25) is 5.02 Å². The van der Waals surface area contributed by atoms with Crippen molar-refractivity contribution in [2.24, 2.45) is 0 Å². The average Bonchev–Trinajstić information content (AvgIpc) is 3.08. The molecule has 0 unspecified atom stereocenters. The van der Waals surface area contributed by atoms with E-state index in [9.17, 15) is 0 Å². The smallest absolute Gasteiger partial charge is 0.134 e. The third-order valence-electron chi connectivity index (χ3n) is 4.41. The molecule has 2 aromatic heterocycles. The molecule has 0 aliphatic carbocycles. The van der Waals surface area contributed by atoms with Crippen LogP contribution in [-0.2, 0) is 11.3 Å². The number of hydrogen-bond donors (Lipinski definition) is 1. The van der Waals surface area contributed by atoms with E-state index in [0.717, 1.165) is 64.1 Å². The van der Waals surface area contributed by atoms with Crippen LogP contribution in [0.25, 0.3) is 10.6 Å². The van der Waals surface area contributed by atoms with Crippen LogP contribution in [0.5, 0.6) is 0 Å². The molecule has 1 fully saturated rings. The second-order valence-electron chi connectivity index (χ2n) is 6.22. The van der Waals surface area contributed by atoms with E-state index < -0.39 is 0 Å². The summed E-state index contributed by atoms with van der Waals surface area (Å²) in [5, 5.41) is 5.04. The number of anilines is 2. The fourth-order valence-electron chi connectivity index (χ4n) is 2.92. The number of aryl methyl sites for hydroxylation is 1. The van der Waals surface area contributed by atoms with Gasteiger partial charge in [-0.1, -0.05) is 29.8 Å². The summed E-state index contributed by atoms with van der Waals surface area (Å²) in [6.45, 7) is 5.85. The van der Waals surface area contributed by atoms with Crippen LogP contribution in [0.15, 0.2) is 36.7 Å². The highest BCUT2D eigenvalue weighted by Gasteiger charge is 2.14. The lowest BCUT2D eigenvalue weighted by molar-refractivity contribution is 0.122. The number of benzene rings is 1. The molecule has 1 N–H and O–H groups in total. The highest BCUT2D eigenvalue weighted by Crippen LogP contribution is 2.33. The SMILES string of the molecule is Cc1nc(-c2ccccc2Cl)sc1CNc1cc(N2CCOCC2)ncn1. The van der Waals surface area contributed by atoms with E-state index in [-0.39, 0.29) is 0 Å². The van der Waals surface area contributed by atoms with Crippen LogP contribution in [0.4, 0.5) is 11.6 Å². The molecule has 1 aliphatic heterocycles. The number of nitrogens with one attached hydrogen (secondary N) is 1. The first-order chi connectivity index (χ1) is 13.2. The molecule has 0 amide bonds. The summed E-state index contributed by atoms with van der Waals surface area (Å²) in [6, 6.07) is 9.77. The van der Waals surface area contributed by atoms with Gasteiger partial charge in [0.2, 0.25) is 0 Å². The summed E-state index contributed by atoms with van der Waals surface area (Å²) in [4.78, 5) is 16.8. The Labute approximate surface area is 167 Å². The van der Waals surface area contributed by atoms with Crippen molar-refractivity contribution in [2.45, 2.75) is 13.5 Å². The first kappa shape index (κ1) is 18.2. The van der Waals surface area contributed by atoms with Crippen molar-refractivity contribution in [1.82, 2.24) is 15.0 Å². The molecular formula is C19H20ClN5OS. The van der Waals surface area contributed by atoms with Gasteiger partial charge in [-0.2, -0.15) is 0 Å². The molecule has 6 nitrogen and oxygen atoms in total. The molecule has 0 bridgehead atoms. The highest BCUT2D eigenvalue weighted by molar-refractivity contribution is 7.15. The number of aromatic nitrogens is 3. The minimum atomic E-state index is 0.660. The van der Waals surface area contributed by atoms with Crippen LogP contribution in [0.1, 0.15) is 10.6 Å². The summed E-state index contributed by atoms with van der Waals surface area (Å²) in [5.41, 5.74) is 1.97. The van der Waals surface area contributed by atoms with Crippen LogP contribution >= 0.6 is 22.9 Å². The highest BCUT2D eigenvalue weighted by atomic mass is 35.5. The largest absolute Gasteiger partial charge is 0.378 e. The molecule has 4 rings (SSSR count). The fourth-order valence-corrected chi connectivity index (χ4v) is 4.24. The number of rotatable bonds is 5. The van der Waals surface area contributed by atoms with E-state index in [1.807, 2.05) is 37.3 Å². The predicted octanol–water partition coefficient (Wildman–Crippen LogP) is 4.01. The zero-order valence-electron chi connectivity index (χ0n) is 15.0. The molecule has 1 aliphatic rings. The Kier molecular flexibility index (Phi) is 5.52. The van der Waals surface area contributed by atoms with Gasteiger partial charge in [-0.25, -0.2) is 15.0 Å². The molecule has 1 saturated heterocycles. The van der Waals surface area contributed by atoms with Crippen LogP contribution in [-0.4, -0.2) is 41.3 Å². The lowest BCUT2D eigenvalue weighted by Gasteiger charge is -2.27. The Morgan fingerprint density at radius 1 is 1.22 bits per heavy atom. The summed E-state index contributed by atoms with van der Waals surface area (Å²) in [5.74, 6) is 1.73. The second kappa shape index (κ2) is 8.21. The Balaban J connectivity index is 1.47. The quantitative estimate of drug-likeness (QED) is 0.696. The summed E-state index contributed by atoms with van der Waals surface area (Å²) < 4.78 is 5.40.